The summed E-state index contributed by atoms with van der Waals surface area (Å²) < 4.78 is 11.2. The van der Waals surface area contributed by atoms with E-state index >= 15 is 0 Å². The van der Waals surface area contributed by atoms with Gasteiger partial charge in [0.1, 0.15) is 11.7 Å². The molecular weight excluding hydrogens is 264 g/mol. The molecular formula is C14H18O4S. The lowest BCUT2D eigenvalue weighted by atomic mass is 9.97. The molecule has 1 aliphatic rings. The molecule has 2 N–H and O–H groups in total. The first kappa shape index (κ1) is 14.4. The Labute approximate surface area is 118 Å². The molecule has 0 aromatic heterocycles. The van der Waals surface area contributed by atoms with E-state index in [9.17, 15) is 10.2 Å². The predicted molar refractivity (Wildman–Crippen MR) is 75.1 cm³/mol. The van der Waals surface area contributed by atoms with Crippen LogP contribution < -0.4 is 0 Å². The Morgan fingerprint density at radius 2 is 2.05 bits per heavy atom. The van der Waals surface area contributed by atoms with Gasteiger partial charge in [0, 0.05) is 5.56 Å². The fraction of sp³-hybridized carbons (Fsp3) is 0.500. The molecule has 1 aromatic rings. The molecule has 0 spiro atoms. The molecule has 1 aromatic carbocycles. The number of rotatable bonds is 3. The maximum atomic E-state index is 10.2. The normalized spacial score (nSPS) is 34.2. The lowest BCUT2D eigenvalue weighted by Crippen LogP contribution is -2.44. The van der Waals surface area contributed by atoms with Gasteiger partial charge in [0.25, 0.3) is 0 Å². The molecule has 0 amide bonds. The number of aliphatic hydroxyl groups is 2. The highest BCUT2D eigenvalue weighted by Crippen LogP contribution is 2.32. The van der Waals surface area contributed by atoms with E-state index in [2.05, 4.69) is 0 Å². The number of hydrogen-bond acceptors (Lipinski definition) is 5. The summed E-state index contributed by atoms with van der Waals surface area (Å²) in [5.41, 5.74) is -0.217. The van der Waals surface area contributed by atoms with E-state index in [4.69, 9.17) is 21.7 Å². The third-order valence-electron chi connectivity index (χ3n) is 3.42. The molecule has 1 saturated heterocycles. The van der Waals surface area contributed by atoms with Gasteiger partial charge in [-0.15, -0.1) is 0 Å². The van der Waals surface area contributed by atoms with Crippen LogP contribution >= 0.6 is 12.2 Å². The molecule has 4 nitrogen and oxygen atoms in total. The van der Waals surface area contributed by atoms with E-state index in [1.807, 2.05) is 30.3 Å². The second kappa shape index (κ2) is 5.54. The fourth-order valence-electron chi connectivity index (χ4n) is 2.22. The van der Waals surface area contributed by atoms with Crippen LogP contribution in [0.2, 0.25) is 0 Å². The first-order valence-electron chi connectivity index (χ1n) is 6.21. The van der Waals surface area contributed by atoms with Crippen molar-refractivity contribution in [2.75, 3.05) is 6.61 Å². The topological polar surface area (TPSA) is 58.9 Å². The summed E-state index contributed by atoms with van der Waals surface area (Å²) in [6.45, 7) is 3.18. The van der Waals surface area contributed by atoms with Crippen molar-refractivity contribution in [2.45, 2.75) is 37.8 Å². The first-order valence-corrected chi connectivity index (χ1v) is 6.61. The maximum absolute atomic E-state index is 10.2. The van der Waals surface area contributed by atoms with Crippen molar-refractivity contribution in [1.29, 1.82) is 0 Å². The Hall–Kier alpha value is -1.01. The van der Waals surface area contributed by atoms with Crippen LogP contribution in [-0.4, -0.2) is 45.8 Å². The Bertz CT molecular complexity index is 450. The summed E-state index contributed by atoms with van der Waals surface area (Å²) in [6.07, 6.45) is -1.84. The number of aliphatic hydroxyl groups excluding tert-OH is 2. The van der Waals surface area contributed by atoms with Crippen LogP contribution in [0, 0.1) is 0 Å². The zero-order chi connectivity index (χ0) is 14.0. The van der Waals surface area contributed by atoms with Crippen molar-refractivity contribution in [1.82, 2.24) is 0 Å². The molecule has 2 unspecified atom stereocenters. The second-order valence-corrected chi connectivity index (χ2v) is 5.35. The van der Waals surface area contributed by atoms with Crippen molar-refractivity contribution in [3.63, 3.8) is 0 Å². The van der Waals surface area contributed by atoms with Gasteiger partial charge < -0.3 is 19.7 Å². The number of thiocarbonyl (C=S) groups is 1. The van der Waals surface area contributed by atoms with Gasteiger partial charge >= 0.3 is 0 Å². The van der Waals surface area contributed by atoms with E-state index in [0.29, 0.717) is 5.05 Å². The minimum Gasteiger partial charge on any atom is -0.474 e. The largest absolute Gasteiger partial charge is 0.474 e. The Balaban J connectivity index is 2.09. The van der Waals surface area contributed by atoms with Gasteiger partial charge in [-0.25, -0.2) is 0 Å². The van der Waals surface area contributed by atoms with Crippen LogP contribution in [0.1, 0.15) is 19.4 Å². The standard InChI is InChI=1S/C14H18O4S/c1-9-11(12(16)14(2,8-15)18-9)17-13(19)10-6-4-3-5-7-10/h3-7,9,11-12,15-16H,8H2,1-2H3/t9-,11?,12?,14+/m0/s1. The fourth-order valence-corrected chi connectivity index (χ4v) is 2.47. The predicted octanol–water partition coefficient (Wildman–Crippen LogP) is 1.28. The summed E-state index contributed by atoms with van der Waals surface area (Å²) in [4.78, 5) is 0. The number of ether oxygens (including phenoxy) is 2. The Kier molecular flexibility index (Phi) is 4.20. The van der Waals surface area contributed by atoms with E-state index in [1.165, 1.54) is 0 Å². The highest BCUT2D eigenvalue weighted by atomic mass is 32.1. The van der Waals surface area contributed by atoms with Gasteiger partial charge in [-0.05, 0) is 26.1 Å². The molecule has 1 heterocycles. The molecule has 1 aliphatic heterocycles. The molecule has 0 bridgehead atoms. The molecule has 0 aliphatic carbocycles. The van der Waals surface area contributed by atoms with E-state index in [-0.39, 0.29) is 12.7 Å². The summed E-state index contributed by atoms with van der Waals surface area (Å²) in [7, 11) is 0. The van der Waals surface area contributed by atoms with Crippen LogP contribution in [0.25, 0.3) is 0 Å². The van der Waals surface area contributed by atoms with Crippen LogP contribution in [0.15, 0.2) is 30.3 Å². The first-order chi connectivity index (χ1) is 8.98. The number of hydrogen-bond donors (Lipinski definition) is 2. The van der Waals surface area contributed by atoms with Crippen molar-refractivity contribution in [3.05, 3.63) is 35.9 Å². The zero-order valence-corrected chi connectivity index (χ0v) is 11.8. The van der Waals surface area contributed by atoms with Crippen LogP contribution in [0.5, 0.6) is 0 Å². The summed E-state index contributed by atoms with van der Waals surface area (Å²) in [5, 5.41) is 19.8. The summed E-state index contributed by atoms with van der Waals surface area (Å²) in [6, 6.07) is 9.33. The van der Waals surface area contributed by atoms with Gasteiger partial charge in [0.05, 0.1) is 12.7 Å². The highest BCUT2D eigenvalue weighted by Gasteiger charge is 2.51. The quantitative estimate of drug-likeness (QED) is 0.818. The van der Waals surface area contributed by atoms with E-state index in [1.54, 1.807) is 13.8 Å². The van der Waals surface area contributed by atoms with Crippen LogP contribution in [0.3, 0.4) is 0 Å². The van der Waals surface area contributed by atoms with Gasteiger partial charge in [-0.3, -0.25) is 0 Å². The van der Waals surface area contributed by atoms with Crippen molar-refractivity contribution in [2.24, 2.45) is 0 Å². The second-order valence-electron chi connectivity index (χ2n) is 4.97. The van der Waals surface area contributed by atoms with E-state index < -0.39 is 17.8 Å². The molecule has 1 fully saturated rings. The van der Waals surface area contributed by atoms with Crippen molar-refractivity contribution in [3.8, 4) is 0 Å². The third kappa shape index (κ3) is 2.79. The lowest BCUT2D eigenvalue weighted by Gasteiger charge is -2.25. The van der Waals surface area contributed by atoms with Crippen LogP contribution in [0.4, 0.5) is 0 Å². The minimum absolute atomic E-state index is 0.267. The van der Waals surface area contributed by atoms with Gasteiger partial charge in [0.2, 0.25) is 0 Å². The van der Waals surface area contributed by atoms with Crippen LogP contribution in [-0.2, 0) is 9.47 Å². The molecule has 2 rings (SSSR count). The SMILES string of the molecule is C[C@@H]1O[C@](C)(CO)C(O)C1OC(=S)c1ccccc1. The maximum Gasteiger partial charge on any atom is 0.191 e. The molecule has 4 atom stereocenters. The number of benzene rings is 1. The Morgan fingerprint density at radius 3 is 2.58 bits per heavy atom. The smallest absolute Gasteiger partial charge is 0.191 e. The molecule has 0 radical (unpaired) electrons. The molecule has 5 heteroatoms. The highest BCUT2D eigenvalue weighted by molar-refractivity contribution is 7.80. The Morgan fingerprint density at radius 1 is 1.42 bits per heavy atom. The van der Waals surface area contributed by atoms with Crippen molar-refractivity contribution < 1.29 is 19.7 Å². The average Bonchev–Trinajstić information content (AvgIpc) is 2.64. The van der Waals surface area contributed by atoms with Gasteiger partial charge in [-0.2, -0.15) is 0 Å². The monoisotopic (exact) mass is 282 g/mol. The van der Waals surface area contributed by atoms with E-state index in [0.717, 1.165) is 5.56 Å². The van der Waals surface area contributed by atoms with Gasteiger partial charge in [0.15, 0.2) is 11.2 Å². The minimum atomic E-state index is -1.00. The third-order valence-corrected chi connectivity index (χ3v) is 3.75. The zero-order valence-electron chi connectivity index (χ0n) is 10.9. The van der Waals surface area contributed by atoms with Crippen molar-refractivity contribution >= 4 is 17.3 Å². The molecule has 104 valence electrons. The lowest BCUT2D eigenvalue weighted by molar-refractivity contribution is -0.0950. The summed E-state index contributed by atoms with van der Waals surface area (Å²) in [5.74, 6) is 0. The molecule has 19 heavy (non-hydrogen) atoms. The summed E-state index contributed by atoms with van der Waals surface area (Å²) >= 11 is 5.22. The van der Waals surface area contributed by atoms with Gasteiger partial charge in [-0.1, -0.05) is 30.3 Å². The average molecular weight is 282 g/mol. The molecule has 0 saturated carbocycles.